The van der Waals surface area contributed by atoms with Crippen LogP contribution >= 0.6 is 0 Å². The van der Waals surface area contributed by atoms with Gasteiger partial charge in [0.15, 0.2) is 0 Å². The van der Waals surface area contributed by atoms with E-state index in [1.807, 2.05) is 12.1 Å². The van der Waals surface area contributed by atoms with E-state index in [4.69, 9.17) is 9.47 Å². The summed E-state index contributed by atoms with van der Waals surface area (Å²) >= 11 is 0. The van der Waals surface area contributed by atoms with Gasteiger partial charge in [-0.15, -0.1) is 0 Å². The lowest BCUT2D eigenvalue weighted by Gasteiger charge is -2.35. The highest BCUT2D eigenvalue weighted by atomic mass is 16.5. The van der Waals surface area contributed by atoms with Crippen LogP contribution in [0.3, 0.4) is 0 Å². The molecule has 0 aromatic heterocycles. The van der Waals surface area contributed by atoms with Crippen LogP contribution in [0.1, 0.15) is 37.0 Å². The van der Waals surface area contributed by atoms with E-state index in [1.54, 1.807) is 12.1 Å². The Morgan fingerprint density at radius 1 is 1.29 bits per heavy atom. The molecule has 0 spiro atoms. The van der Waals surface area contributed by atoms with Gasteiger partial charge in [-0.1, -0.05) is 12.1 Å². The molecule has 2 rings (SSSR count). The monoisotopic (exact) mass is 291 g/mol. The fraction of sp³-hybridized carbons (Fsp3) is 0.588. The zero-order valence-corrected chi connectivity index (χ0v) is 13.0. The second kappa shape index (κ2) is 8.15. The molecule has 1 aromatic rings. The van der Waals surface area contributed by atoms with E-state index in [0.29, 0.717) is 24.4 Å². The molecule has 0 unspecified atom stereocenters. The molecule has 1 aliphatic heterocycles. The van der Waals surface area contributed by atoms with Crippen LogP contribution in [-0.2, 0) is 4.74 Å². The first-order valence-electron chi connectivity index (χ1n) is 7.73. The summed E-state index contributed by atoms with van der Waals surface area (Å²) in [5.41, 5.74) is 0.656. The number of rotatable bonds is 7. The topological polar surface area (TPSA) is 38.8 Å². The summed E-state index contributed by atoms with van der Waals surface area (Å²) in [5, 5.41) is 0. The van der Waals surface area contributed by atoms with Crippen LogP contribution in [0.25, 0.3) is 0 Å². The number of benzene rings is 1. The van der Waals surface area contributed by atoms with Crippen molar-refractivity contribution in [3.63, 3.8) is 0 Å². The van der Waals surface area contributed by atoms with Crippen LogP contribution in [0.15, 0.2) is 24.3 Å². The van der Waals surface area contributed by atoms with Gasteiger partial charge < -0.3 is 9.47 Å². The number of morpholine rings is 1. The van der Waals surface area contributed by atoms with Gasteiger partial charge in [0.05, 0.1) is 18.8 Å². The van der Waals surface area contributed by atoms with Gasteiger partial charge >= 0.3 is 0 Å². The minimum Gasteiger partial charge on any atom is -0.494 e. The Hall–Kier alpha value is -1.39. The van der Waals surface area contributed by atoms with Gasteiger partial charge in [-0.05, 0) is 45.4 Å². The Labute approximate surface area is 127 Å². The molecule has 0 bridgehead atoms. The summed E-state index contributed by atoms with van der Waals surface area (Å²) in [6.07, 6.45) is 3.64. The Balaban J connectivity index is 1.62. The first kappa shape index (κ1) is 16.0. The van der Waals surface area contributed by atoms with Gasteiger partial charge in [-0.2, -0.15) is 0 Å². The molecule has 1 fully saturated rings. The Bertz CT molecular complexity index is 439. The summed E-state index contributed by atoms with van der Waals surface area (Å²) < 4.78 is 11.4. The first-order valence-corrected chi connectivity index (χ1v) is 7.73. The SMILES string of the molecule is C[C@@H]1CN(CCCCOc2cccc(C=O)c2)C[C@@H](C)O1. The lowest BCUT2D eigenvalue weighted by atomic mass is 10.2. The average Bonchev–Trinajstić information content (AvgIpc) is 2.46. The number of carbonyl (C=O) groups excluding carboxylic acids is 1. The minimum atomic E-state index is 0.330. The lowest BCUT2D eigenvalue weighted by molar-refractivity contribution is -0.0682. The van der Waals surface area contributed by atoms with Crippen molar-refractivity contribution in [2.75, 3.05) is 26.2 Å². The number of carbonyl (C=O) groups is 1. The quantitative estimate of drug-likeness (QED) is 0.572. The molecule has 1 aromatic carbocycles. The van der Waals surface area contributed by atoms with Gasteiger partial charge in [0, 0.05) is 18.7 Å². The van der Waals surface area contributed by atoms with Crippen molar-refractivity contribution >= 4 is 6.29 Å². The average molecular weight is 291 g/mol. The normalized spacial score (nSPS) is 23.0. The van der Waals surface area contributed by atoms with Crippen LogP contribution in [0, 0.1) is 0 Å². The van der Waals surface area contributed by atoms with E-state index in [-0.39, 0.29) is 0 Å². The van der Waals surface area contributed by atoms with Crippen molar-refractivity contribution in [2.24, 2.45) is 0 Å². The fourth-order valence-electron chi connectivity index (χ4n) is 2.77. The number of nitrogens with zero attached hydrogens (tertiary/aromatic N) is 1. The van der Waals surface area contributed by atoms with Crippen LogP contribution < -0.4 is 4.74 Å². The van der Waals surface area contributed by atoms with E-state index in [9.17, 15) is 4.79 Å². The summed E-state index contributed by atoms with van der Waals surface area (Å²) in [6, 6.07) is 7.28. The van der Waals surface area contributed by atoms with Crippen molar-refractivity contribution in [1.82, 2.24) is 4.90 Å². The Morgan fingerprint density at radius 3 is 2.76 bits per heavy atom. The van der Waals surface area contributed by atoms with Crippen molar-refractivity contribution in [2.45, 2.75) is 38.9 Å². The van der Waals surface area contributed by atoms with Crippen molar-refractivity contribution in [3.05, 3.63) is 29.8 Å². The van der Waals surface area contributed by atoms with Gasteiger partial charge in [0.1, 0.15) is 12.0 Å². The zero-order chi connectivity index (χ0) is 15.1. The van der Waals surface area contributed by atoms with Gasteiger partial charge in [-0.25, -0.2) is 0 Å². The molecule has 0 aliphatic carbocycles. The van der Waals surface area contributed by atoms with Crippen LogP contribution in [0.5, 0.6) is 5.75 Å². The molecule has 1 saturated heterocycles. The standard InChI is InChI=1S/C17H25NO3/c1-14-11-18(12-15(2)21-14)8-3-4-9-20-17-7-5-6-16(10-17)13-19/h5-7,10,13-15H,3-4,8-9,11-12H2,1-2H3/t14-,15-/m1/s1. The molecule has 0 saturated carbocycles. The predicted molar refractivity (Wildman–Crippen MR) is 83.0 cm³/mol. The number of aldehydes is 1. The van der Waals surface area contributed by atoms with Crippen LogP contribution in [0.2, 0.25) is 0 Å². The third-order valence-corrected chi connectivity index (χ3v) is 3.63. The molecule has 2 atom stereocenters. The molecular formula is C17H25NO3. The van der Waals surface area contributed by atoms with Gasteiger partial charge in [0.25, 0.3) is 0 Å². The Kier molecular flexibility index (Phi) is 6.21. The maximum atomic E-state index is 10.7. The highest BCUT2D eigenvalue weighted by molar-refractivity contribution is 5.75. The molecule has 1 heterocycles. The lowest BCUT2D eigenvalue weighted by Crippen LogP contribution is -2.45. The van der Waals surface area contributed by atoms with Crippen molar-refractivity contribution in [3.8, 4) is 5.75 Å². The van der Waals surface area contributed by atoms with Gasteiger partial charge in [-0.3, -0.25) is 9.69 Å². The maximum absolute atomic E-state index is 10.7. The largest absolute Gasteiger partial charge is 0.494 e. The van der Waals surface area contributed by atoms with Crippen molar-refractivity contribution in [1.29, 1.82) is 0 Å². The molecule has 0 radical (unpaired) electrons. The number of ether oxygens (including phenoxy) is 2. The van der Waals surface area contributed by atoms with E-state index >= 15 is 0 Å². The third-order valence-electron chi connectivity index (χ3n) is 3.63. The second-order valence-electron chi connectivity index (χ2n) is 5.76. The summed E-state index contributed by atoms with van der Waals surface area (Å²) in [5.74, 6) is 0.771. The summed E-state index contributed by atoms with van der Waals surface area (Å²) in [6.45, 7) is 8.09. The van der Waals surface area contributed by atoms with Crippen LogP contribution in [-0.4, -0.2) is 49.6 Å². The molecule has 4 heteroatoms. The number of hydrogen-bond acceptors (Lipinski definition) is 4. The smallest absolute Gasteiger partial charge is 0.150 e. The summed E-state index contributed by atoms with van der Waals surface area (Å²) in [4.78, 5) is 13.2. The van der Waals surface area contributed by atoms with E-state index in [1.165, 1.54) is 0 Å². The third kappa shape index (κ3) is 5.48. The highest BCUT2D eigenvalue weighted by Gasteiger charge is 2.21. The maximum Gasteiger partial charge on any atom is 0.150 e. The van der Waals surface area contributed by atoms with E-state index in [2.05, 4.69) is 18.7 Å². The molecule has 4 nitrogen and oxygen atoms in total. The fourth-order valence-corrected chi connectivity index (χ4v) is 2.77. The zero-order valence-electron chi connectivity index (χ0n) is 13.0. The minimum absolute atomic E-state index is 0.330. The molecule has 21 heavy (non-hydrogen) atoms. The highest BCUT2D eigenvalue weighted by Crippen LogP contribution is 2.13. The van der Waals surface area contributed by atoms with E-state index < -0.39 is 0 Å². The molecule has 1 aliphatic rings. The predicted octanol–water partition coefficient (Wildman–Crippen LogP) is 2.77. The number of unbranched alkanes of at least 4 members (excludes halogenated alkanes) is 1. The van der Waals surface area contributed by atoms with Gasteiger partial charge in [0.2, 0.25) is 0 Å². The van der Waals surface area contributed by atoms with E-state index in [0.717, 1.165) is 44.5 Å². The number of hydrogen-bond donors (Lipinski definition) is 0. The molecular weight excluding hydrogens is 266 g/mol. The Morgan fingerprint density at radius 2 is 2.05 bits per heavy atom. The first-order chi connectivity index (χ1) is 10.2. The molecule has 0 N–H and O–H groups in total. The van der Waals surface area contributed by atoms with Crippen LogP contribution in [0.4, 0.5) is 0 Å². The molecule has 0 amide bonds. The molecule has 116 valence electrons. The summed E-state index contributed by atoms with van der Waals surface area (Å²) in [7, 11) is 0. The second-order valence-corrected chi connectivity index (χ2v) is 5.76. The van der Waals surface area contributed by atoms with Crippen molar-refractivity contribution < 1.29 is 14.3 Å².